The zero-order valence-corrected chi connectivity index (χ0v) is 9.21. The van der Waals surface area contributed by atoms with Crippen molar-refractivity contribution < 1.29 is 9.90 Å². The highest BCUT2D eigenvalue weighted by Crippen LogP contribution is 2.11. The lowest BCUT2D eigenvalue weighted by molar-refractivity contribution is 0.0689. The first kappa shape index (κ1) is 12.0. The van der Waals surface area contributed by atoms with Gasteiger partial charge in [0.1, 0.15) is 0 Å². The Morgan fingerprint density at radius 1 is 1.69 bits per heavy atom. The molecule has 0 aliphatic rings. The van der Waals surface area contributed by atoms with Gasteiger partial charge in [-0.1, -0.05) is 23.6 Å². The van der Waals surface area contributed by atoms with E-state index in [2.05, 4.69) is 21.8 Å². The van der Waals surface area contributed by atoms with E-state index in [-0.39, 0.29) is 17.7 Å². The Morgan fingerprint density at radius 3 is 3.00 bits per heavy atom. The summed E-state index contributed by atoms with van der Waals surface area (Å²) >= 11 is 1.25. The van der Waals surface area contributed by atoms with Crippen LogP contribution in [0.1, 0.15) is 22.5 Å². The molecule has 0 atom stereocenters. The van der Waals surface area contributed by atoms with Gasteiger partial charge in [0, 0.05) is 6.20 Å². The fraction of sp³-hybridized carbons (Fsp3) is 0.200. The fourth-order valence-electron chi connectivity index (χ4n) is 0.897. The average molecular weight is 233 g/mol. The first-order valence-corrected chi connectivity index (χ1v) is 5.41. The minimum absolute atomic E-state index is 0.0450. The van der Waals surface area contributed by atoms with Crippen molar-refractivity contribution in [2.75, 3.05) is 6.26 Å². The topological polar surface area (TPSA) is 86.9 Å². The molecular weight excluding hydrogens is 226 g/mol. The van der Waals surface area contributed by atoms with E-state index in [1.54, 1.807) is 6.26 Å². The molecule has 0 aliphatic carbocycles. The molecule has 0 fully saturated rings. The molecule has 1 heterocycles. The van der Waals surface area contributed by atoms with E-state index in [1.165, 1.54) is 18.0 Å². The summed E-state index contributed by atoms with van der Waals surface area (Å²) in [6.07, 6.45) is 3.15. The Hall–Kier alpha value is -2.05. The second-order valence-corrected chi connectivity index (χ2v) is 3.33. The van der Waals surface area contributed by atoms with Crippen LogP contribution in [0, 0.1) is 23.2 Å². The van der Waals surface area contributed by atoms with Crippen LogP contribution in [0.2, 0.25) is 0 Å². The number of rotatable bonds is 2. The van der Waals surface area contributed by atoms with Gasteiger partial charge in [-0.2, -0.15) is 5.26 Å². The number of thioether (sulfide) groups is 1. The number of carboxylic acids is 1. The highest BCUT2D eigenvalue weighted by Gasteiger charge is 2.12. The molecule has 80 valence electrons. The molecule has 6 heteroatoms. The van der Waals surface area contributed by atoms with E-state index in [4.69, 9.17) is 10.4 Å². The summed E-state index contributed by atoms with van der Waals surface area (Å²) < 4.78 is 0. The quantitative estimate of drug-likeness (QED) is 0.468. The number of carbonyl (C=O) groups is 1. The lowest BCUT2D eigenvalue weighted by Crippen LogP contribution is -2.06. The Bertz CT molecular complexity index is 511. The zero-order valence-electron chi connectivity index (χ0n) is 8.39. The molecule has 1 aromatic rings. The zero-order chi connectivity index (χ0) is 12.0. The standard InChI is InChI=1S/C10H7N3O2S/c1-16-10-12-6-7(4-2-3-5-11)8(13-10)9(14)15/h6H,3H2,1H3,(H,14,15). The maximum Gasteiger partial charge on any atom is 0.355 e. The van der Waals surface area contributed by atoms with Crippen molar-refractivity contribution in [1.82, 2.24) is 9.97 Å². The van der Waals surface area contributed by atoms with Gasteiger partial charge in [0.25, 0.3) is 0 Å². The molecule has 5 nitrogen and oxygen atoms in total. The SMILES string of the molecule is CSc1ncc(C#CCC#N)c(C(=O)O)n1. The van der Waals surface area contributed by atoms with Gasteiger partial charge >= 0.3 is 5.97 Å². The average Bonchev–Trinajstić information content (AvgIpc) is 2.29. The Morgan fingerprint density at radius 2 is 2.44 bits per heavy atom. The first-order valence-electron chi connectivity index (χ1n) is 4.19. The maximum atomic E-state index is 10.9. The first-order chi connectivity index (χ1) is 7.69. The molecule has 1 aromatic heterocycles. The second-order valence-electron chi connectivity index (χ2n) is 2.56. The van der Waals surface area contributed by atoms with Crippen molar-refractivity contribution in [1.29, 1.82) is 5.26 Å². The van der Waals surface area contributed by atoms with Gasteiger partial charge in [0.15, 0.2) is 10.9 Å². The minimum atomic E-state index is -1.15. The fourth-order valence-corrected chi connectivity index (χ4v) is 1.24. The normalized spacial score (nSPS) is 8.75. The molecule has 1 rings (SSSR count). The van der Waals surface area contributed by atoms with Crippen molar-refractivity contribution >= 4 is 17.7 Å². The van der Waals surface area contributed by atoms with E-state index >= 15 is 0 Å². The van der Waals surface area contributed by atoms with Crippen LogP contribution >= 0.6 is 11.8 Å². The Labute approximate surface area is 96.5 Å². The van der Waals surface area contributed by atoms with E-state index in [1.807, 2.05) is 6.07 Å². The van der Waals surface area contributed by atoms with E-state index in [0.717, 1.165) is 0 Å². The van der Waals surface area contributed by atoms with Crippen LogP contribution in [-0.4, -0.2) is 27.3 Å². The summed E-state index contributed by atoms with van der Waals surface area (Å²) in [5, 5.41) is 17.6. The lowest BCUT2D eigenvalue weighted by Gasteiger charge is -1.99. The number of nitrogens with zero attached hydrogens (tertiary/aromatic N) is 3. The van der Waals surface area contributed by atoms with E-state index < -0.39 is 5.97 Å². The predicted octanol–water partition coefficient (Wildman–Crippen LogP) is 1.16. The second kappa shape index (κ2) is 5.74. The molecule has 0 radical (unpaired) electrons. The lowest BCUT2D eigenvalue weighted by atomic mass is 10.2. The van der Waals surface area contributed by atoms with E-state index in [0.29, 0.717) is 5.16 Å². The van der Waals surface area contributed by atoms with Crippen LogP contribution in [0.25, 0.3) is 0 Å². The number of nitriles is 1. The van der Waals surface area contributed by atoms with Gasteiger partial charge in [-0.3, -0.25) is 0 Å². The predicted molar refractivity (Wildman–Crippen MR) is 57.9 cm³/mol. The van der Waals surface area contributed by atoms with Crippen LogP contribution < -0.4 is 0 Å². The molecule has 0 amide bonds. The van der Waals surface area contributed by atoms with Crippen molar-refractivity contribution in [3.8, 4) is 17.9 Å². The van der Waals surface area contributed by atoms with Gasteiger partial charge in [-0.15, -0.1) is 0 Å². The van der Waals surface area contributed by atoms with Gasteiger partial charge in [-0.25, -0.2) is 14.8 Å². The summed E-state index contributed by atoms with van der Waals surface area (Å²) in [6, 6.07) is 1.84. The monoisotopic (exact) mass is 233 g/mol. The molecule has 0 unspecified atom stereocenters. The van der Waals surface area contributed by atoms with Gasteiger partial charge in [-0.05, 0) is 6.26 Å². The highest BCUT2D eigenvalue weighted by molar-refractivity contribution is 7.98. The molecule has 1 N–H and O–H groups in total. The summed E-state index contributed by atoms with van der Waals surface area (Å²) in [7, 11) is 0. The smallest absolute Gasteiger partial charge is 0.355 e. The largest absolute Gasteiger partial charge is 0.476 e. The molecule has 0 bridgehead atoms. The molecule has 16 heavy (non-hydrogen) atoms. The maximum absolute atomic E-state index is 10.9. The number of aromatic carboxylic acids is 1. The number of hydrogen-bond donors (Lipinski definition) is 1. The van der Waals surface area contributed by atoms with Gasteiger partial charge < -0.3 is 5.11 Å². The number of aromatic nitrogens is 2. The summed E-state index contributed by atoms with van der Waals surface area (Å²) in [6.45, 7) is 0. The van der Waals surface area contributed by atoms with Gasteiger partial charge in [0.05, 0.1) is 18.1 Å². The van der Waals surface area contributed by atoms with Crippen LogP contribution in [0.4, 0.5) is 0 Å². The third-order valence-electron chi connectivity index (χ3n) is 1.54. The molecule has 0 aliphatic heterocycles. The van der Waals surface area contributed by atoms with Crippen molar-refractivity contribution in [2.24, 2.45) is 0 Å². The number of hydrogen-bond acceptors (Lipinski definition) is 5. The Kier molecular flexibility index (Phi) is 4.31. The van der Waals surface area contributed by atoms with Gasteiger partial charge in [0.2, 0.25) is 0 Å². The number of carboxylic acid groups (broad SMARTS) is 1. The summed E-state index contributed by atoms with van der Waals surface area (Å²) in [5.41, 5.74) is 0.0883. The third kappa shape index (κ3) is 2.97. The molecular formula is C10H7N3O2S. The third-order valence-corrected chi connectivity index (χ3v) is 2.10. The highest BCUT2D eigenvalue weighted by atomic mass is 32.2. The van der Waals surface area contributed by atoms with Crippen LogP contribution in [0.3, 0.4) is 0 Å². The van der Waals surface area contributed by atoms with Crippen LogP contribution in [-0.2, 0) is 0 Å². The minimum Gasteiger partial charge on any atom is -0.476 e. The molecule has 0 spiro atoms. The molecule has 0 aromatic carbocycles. The van der Waals surface area contributed by atoms with Crippen LogP contribution in [0.5, 0.6) is 0 Å². The summed E-state index contributed by atoms with van der Waals surface area (Å²) in [4.78, 5) is 18.6. The Balaban J connectivity index is 3.15. The summed E-state index contributed by atoms with van der Waals surface area (Å²) in [5.74, 6) is 3.93. The molecule has 0 saturated heterocycles. The van der Waals surface area contributed by atoms with E-state index in [9.17, 15) is 4.79 Å². The van der Waals surface area contributed by atoms with Crippen molar-refractivity contribution in [3.63, 3.8) is 0 Å². The van der Waals surface area contributed by atoms with Crippen molar-refractivity contribution in [3.05, 3.63) is 17.5 Å². The molecule has 0 saturated carbocycles. The van der Waals surface area contributed by atoms with Crippen LogP contribution in [0.15, 0.2) is 11.4 Å². The van der Waals surface area contributed by atoms with Crippen molar-refractivity contribution in [2.45, 2.75) is 11.6 Å².